The molecular formula is C19H20O3. The zero-order chi connectivity index (χ0) is 15.8. The molecule has 0 unspecified atom stereocenters. The lowest BCUT2D eigenvalue weighted by molar-refractivity contribution is -0.137. The van der Waals surface area contributed by atoms with Crippen LogP contribution in [0.25, 0.3) is 0 Å². The van der Waals surface area contributed by atoms with Crippen LogP contribution in [0.15, 0.2) is 54.6 Å². The van der Waals surface area contributed by atoms with Gasteiger partial charge in [0.15, 0.2) is 5.78 Å². The number of benzene rings is 2. The molecule has 0 saturated heterocycles. The summed E-state index contributed by atoms with van der Waals surface area (Å²) < 4.78 is 0. The van der Waals surface area contributed by atoms with Crippen LogP contribution in [0.5, 0.6) is 0 Å². The van der Waals surface area contributed by atoms with Gasteiger partial charge >= 0.3 is 5.97 Å². The molecule has 0 saturated carbocycles. The molecule has 0 amide bonds. The standard InChI is InChI=1S/C19H20O3/c20-18(8-4-5-9-19(21)22)17-12-10-16(11-13-17)14-15-6-2-1-3-7-15/h1-3,6-7,10-13H,4-5,8-9,14H2,(H,21,22). The van der Waals surface area contributed by atoms with Crippen LogP contribution in [0.3, 0.4) is 0 Å². The Morgan fingerprint density at radius 3 is 2.00 bits per heavy atom. The van der Waals surface area contributed by atoms with Gasteiger partial charge in [-0.15, -0.1) is 0 Å². The summed E-state index contributed by atoms with van der Waals surface area (Å²) in [6, 6.07) is 17.9. The average Bonchev–Trinajstić information content (AvgIpc) is 2.53. The highest BCUT2D eigenvalue weighted by Gasteiger charge is 2.06. The molecule has 0 aromatic heterocycles. The van der Waals surface area contributed by atoms with Crippen molar-refractivity contribution in [2.45, 2.75) is 32.1 Å². The first-order valence-electron chi connectivity index (χ1n) is 7.53. The van der Waals surface area contributed by atoms with Gasteiger partial charge in [0.2, 0.25) is 0 Å². The van der Waals surface area contributed by atoms with E-state index in [4.69, 9.17) is 5.11 Å². The largest absolute Gasteiger partial charge is 0.481 e. The molecule has 0 aliphatic carbocycles. The minimum Gasteiger partial charge on any atom is -0.481 e. The van der Waals surface area contributed by atoms with E-state index in [-0.39, 0.29) is 12.2 Å². The number of rotatable bonds is 8. The summed E-state index contributed by atoms with van der Waals surface area (Å²) in [5.74, 6) is -0.727. The maximum Gasteiger partial charge on any atom is 0.303 e. The van der Waals surface area contributed by atoms with E-state index in [9.17, 15) is 9.59 Å². The summed E-state index contributed by atoms with van der Waals surface area (Å²) >= 11 is 0. The highest BCUT2D eigenvalue weighted by atomic mass is 16.4. The molecule has 3 nitrogen and oxygen atoms in total. The van der Waals surface area contributed by atoms with Crippen LogP contribution in [-0.2, 0) is 11.2 Å². The Kier molecular flexibility index (Phi) is 5.90. The fraction of sp³-hybridized carbons (Fsp3) is 0.263. The molecular weight excluding hydrogens is 276 g/mol. The first kappa shape index (κ1) is 16.0. The minimum absolute atomic E-state index is 0.0802. The third kappa shape index (κ3) is 5.17. The second-order valence-electron chi connectivity index (χ2n) is 5.38. The minimum atomic E-state index is -0.808. The van der Waals surface area contributed by atoms with E-state index in [1.54, 1.807) is 0 Å². The quantitative estimate of drug-likeness (QED) is 0.589. The molecule has 0 heterocycles. The molecule has 1 N–H and O–H groups in total. The number of aliphatic carboxylic acids is 1. The fourth-order valence-electron chi connectivity index (χ4n) is 2.35. The van der Waals surface area contributed by atoms with E-state index in [1.807, 2.05) is 42.5 Å². The van der Waals surface area contributed by atoms with Crippen LogP contribution >= 0.6 is 0 Å². The lowest BCUT2D eigenvalue weighted by Gasteiger charge is -2.04. The topological polar surface area (TPSA) is 54.4 Å². The monoisotopic (exact) mass is 296 g/mol. The number of carbonyl (C=O) groups is 2. The van der Waals surface area contributed by atoms with Gasteiger partial charge in [-0.25, -0.2) is 0 Å². The van der Waals surface area contributed by atoms with Crippen molar-refractivity contribution in [2.24, 2.45) is 0 Å². The van der Waals surface area contributed by atoms with E-state index in [0.717, 1.165) is 6.42 Å². The molecule has 0 radical (unpaired) electrons. The van der Waals surface area contributed by atoms with Gasteiger partial charge in [-0.1, -0.05) is 54.6 Å². The van der Waals surface area contributed by atoms with E-state index < -0.39 is 5.97 Å². The maximum absolute atomic E-state index is 12.0. The molecule has 22 heavy (non-hydrogen) atoms. The van der Waals surface area contributed by atoms with E-state index in [0.29, 0.717) is 24.8 Å². The summed E-state index contributed by atoms with van der Waals surface area (Å²) in [5, 5.41) is 8.56. The van der Waals surface area contributed by atoms with Gasteiger partial charge < -0.3 is 5.11 Å². The highest BCUT2D eigenvalue weighted by Crippen LogP contribution is 2.13. The Labute approximate surface area is 130 Å². The Hall–Kier alpha value is -2.42. The smallest absolute Gasteiger partial charge is 0.303 e. The van der Waals surface area contributed by atoms with Crippen LogP contribution in [0.1, 0.15) is 47.2 Å². The van der Waals surface area contributed by atoms with Crippen molar-refractivity contribution in [3.05, 3.63) is 71.3 Å². The number of ketones is 1. The molecule has 0 spiro atoms. The summed E-state index contributed by atoms with van der Waals surface area (Å²) in [6.07, 6.45) is 2.56. The third-order valence-corrected chi connectivity index (χ3v) is 3.57. The first-order valence-corrected chi connectivity index (χ1v) is 7.53. The van der Waals surface area contributed by atoms with Crippen molar-refractivity contribution in [1.29, 1.82) is 0 Å². The van der Waals surface area contributed by atoms with Crippen molar-refractivity contribution < 1.29 is 14.7 Å². The Balaban J connectivity index is 1.85. The second kappa shape index (κ2) is 8.13. The molecule has 2 rings (SSSR count). The molecule has 3 heteroatoms. The predicted octanol–water partition coefficient (Wildman–Crippen LogP) is 4.11. The zero-order valence-electron chi connectivity index (χ0n) is 12.5. The molecule has 0 aliphatic rings. The summed E-state index contributed by atoms with van der Waals surface area (Å²) in [4.78, 5) is 22.4. The molecule has 114 valence electrons. The lowest BCUT2D eigenvalue weighted by Crippen LogP contribution is -2.01. The number of hydrogen-bond donors (Lipinski definition) is 1. The molecule has 0 aliphatic heterocycles. The van der Waals surface area contributed by atoms with E-state index >= 15 is 0 Å². The van der Waals surface area contributed by atoms with Crippen molar-refractivity contribution in [3.8, 4) is 0 Å². The van der Waals surface area contributed by atoms with Gasteiger partial charge in [-0.05, 0) is 30.4 Å². The number of Topliss-reactive ketones (excluding diaryl/α,β-unsaturated/α-hetero) is 1. The van der Waals surface area contributed by atoms with Gasteiger partial charge in [0.1, 0.15) is 0 Å². The normalized spacial score (nSPS) is 10.4. The summed E-state index contributed by atoms with van der Waals surface area (Å²) in [5.41, 5.74) is 3.12. The first-order chi connectivity index (χ1) is 10.6. The van der Waals surface area contributed by atoms with Crippen molar-refractivity contribution in [1.82, 2.24) is 0 Å². The highest BCUT2D eigenvalue weighted by molar-refractivity contribution is 5.96. The SMILES string of the molecule is O=C(O)CCCCC(=O)c1ccc(Cc2ccccc2)cc1. The van der Waals surface area contributed by atoms with E-state index in [2.05, 4.69) is 12.1 Å². The van der Waals surface area contributed by atoms with Gasteiger partial charge in [0, 0.05) is 18.4 Å². The maximum atomic E-state index is 12.0. The van der Waals surface area contributed by atoms with Crippen molar-refractivity contribution >= 4 is 11.8 Å². The Bertz CT molecular complexity index is 615. The molecule has 2 aromatic rings. The average molecular weight is 296 g/mol. The number of carboxylic acids is 1. The number of carboxylic acid groups (broad SMARTS) is 1. The van der Waals surface area contributed by atoms with Gasteiger partial charge in [0.25, 0.3) is 0 Å². The van der Waals surface area contributed by atoms with E-state index in [1.165, 1.54) is 11.1 Å². The number of carbonyl (C=O) groups excluding carboxylic acids is 1. The number of hydrogen-bond acceptors (Lipinski definition) is 2. The van der Waals surface area contributed by atoms with Crippen LogP contribution in [-0.4, -0.2) is 16.9 Å². The Morgan fingerprint density at radius 1 is 0.773 bits per heavy atom. The zero-order valence-corrected chi connectivity index (χ0v) is 12.5. The summed E-state index contributed by atoms with van der Waals surface area (Å²) in [7, 11) is 0. The van der Waals surface area contributed by atoms with Crippen LogP contribution in [0.2, 0.25) is 0 Å². The Morgan fingerprint density at radius 2 is 1.36 bits per heavy atom. The second-order valence-corrected chi connectivity index (χ2v) is 5.38. The third-order valence-electron chi connectivity index (χ3n) is 3.57. The van der Waals surface area contributed by atoms with Crippen LogP contribution in [0.4, 0.5) is 0 Å². The number of unbranched alkanes of at least 4 members (excludes halogenated alkanes) is 1. The van der Waals surface area contributed by atoms with Crippen LogP contribution < -0.4 is 0 Å². The van der Waals surface area contributed by atoms with Crippen molar-refractivity contribution in [2.75, 3.05) is 0 Å². The lowest BCUT2D eigenvalue weighted by atomic mass is 10.0. The molecule has 0 bridgehead atoms. The predicted molar refractivity (Wildman–Crippen MR) is 86.1 cm³/mol. The molecule has 0 atom stereocenters. The van der Waals surface area contributed by atoms with Crippen molar-refractivity contribution in [3.63, 3.8) is 0 Å². The van der Waals surface area contributed by atoms with Gasteiger partial charge in [-0.3, -0.25) is 9.59 Å². The van der Waals surface area contributed by atoms with Crippen LogP contribution in [0, 0.1) is 0 Å². The fourth-order valence-corrected chi connectivity index (χ4v) is 2.35. The van der Waals surface area contributed by atoms with Gasteiger partial charge in [0.05, 0.1) is 0 Å². The summed E-state index contributed by atoms with van der Waals surface area (Å²) in [6.45, 7) is 0. The molecule has 0 fully saturated rings. The van der Waals surface area contributed by atoms with Gasteiger partial charge in [-0.2, -0.15) is 0 Å². The molecule has 2 aromatic carbocycles.